The molecule has 1 aromatic heterocycles. The van der Waals surface area contributed by atoms with Gasteiger partial charge >= 0.3 is 0 Å². The number of pyridine rings is 1. The summed E-state index contributed by atoms with van der Waals surface area (Å²) in [4.78, 5) is 0. The van der Waals surface area contributed by atoms with Gasteiger partial charge in [0.15, 0.2) is 6.20 Å². The maximum atomic E-state index is 6.99. The molecule has 1 aliphatic heterocycles. The molecule has 1 aliphatic rings. The number of fused-ring (bicyclic) bond motifs is 5. The molecular formula is C33H36NOSi+. The van der Waals surface area contributed by atoms with Gasteiger partial charge in [-0.2, -0.15) is 0 Å². The minimum absolute atomic E-state index is 0.534. The van der Waals surface area contributed by atoms with Gasteiger partial charge in [-0.15, -0.1) is 0 Å². The molecule has 0 N–H and O–H groups in total. The van der Waals surface area contributed by atoms with Gasteiger partial charge in [-0.3, -0.25) is 0 Å². The Morgan fingerprint density at radius 2 is 1.61 bits per heavy atom. The lowest BCUT2D eigenvalue weighted by Crippen LogP contribution is -2.37. The fourth-order valence-electron chi connectivity index (χ4n) is 6.04. The van der Waals surface area contributed by atoms with Crippen LogP contribution >= 0.6 is 0 Å². The predicted molar refractivity (Wildman–Crippen MR) is 157 cm³/mol. The van der Waals surface area contributed by atoms with E-state index in [1.165, 1.54) is 65.5 Å². The molecule has 6 rings (SSSR count). The summed E-state index contributed by atoms with van der Waals surface area (Å²) in [6.07, 6.45) is 3.22. The van der Waals surface area contributed by atoms with Crippen LogP contribution in [0.15, 0.2) is 54.7 Å². The van der Waals surface area contributed by atoms with E-state index in [9.17, 15) is 0 Å². The molecule has 182 valence electrons. The maximum absolute atomic E-state index is 6.99. The summed E-state index contributed by atoms with van der Waals surface area (Å²) in [5.74, 6) is 2.57. The van der Waals surface area contributed by atoms with Gasteiger partial charge in [0.1, 0.15) is 18.5 Å². The summed E-state index contributed by atoms with van der Waals surface area (Å²) in [5, 5.41) is 9.24. The van der Waals surface area contributed by atoms with Gasteiger partial charge in [0.2, 0.25) is 5.69 Å². The maximum Gasteiger partial charge on any atom is 0.228 e. The van der Waals surface area contributed by atoms with Crippen LogP contribution in [0, 0.1) is 19.8 Å². The minimum atomic E-state index is -1.42. The van der Waals surface area contributed by atoms with Gasteiger partial charge in [-0.25, -0.2) is 4.57 Å². The Morgan fingerprint density at radius 1 is 0.861 bits per heavy atom. The van der Waals surface area contributed by atoms with Crippen LogP contribution in [0.2, 0.25) is 19.6 Å². The normalized spacial score (nSPS) is 13.0. The number of rotatable bonds is 3. The van der Waals surface area contributed by atoms with Gasteiger partial charge in [-0.1, -0.05) is 80.6 Å². The lowest BCUT2D eigenvalue weighted by Gasteiger charge is -2.26. The Balaban J connectivity index is 1.77. The van der Waals surface area contributed by atoms with Crippen LogP contribution in [0.25, 0.3) is 43.6 Å². The van der Waals surface area contributed by atoms with Crippen molar-refractivity contribution < 1.29 is 9.30 Å². The van der Waals surface area contributed by atoms with Crippen molar-refractivity contribution in [3.8, 4) is 22.8 Å². The Hall–Kier alpha value is -3.17. The molecule has 0 aliphatic carbocycles. The van der Waals surface area contributed by atoms with Crippen molar-refractivity contribution in [2.75, 3.05) is 0 Å². The third-order valence-electron chi connectivity index (χ3n) is 7.91. The number of benzene rings is 4. The van der Waals surface area contributed by atoms with E-state index in [1.54, 1.807) is 0 Å². The third kappa shape index (κ3) is 3.40. The molecule has 0 saturated carbocycles. The first-order valence-electron chi connectivity index (χ1n) is 13.2. The fraction of sp³-hybridized carbons (Fsp3) is 0.303. The van der Waals surface area contributed by atoms with Crippen molar-refractivity contribution in [2.24, 2.45) is 13.0 Å². The first-order chi connectivity index (χ1) is 17.0. The molecule has 4 aromatic carbocycles. The van der Waals surface area contributed by atoms with Crippen molar-refractivity contribution in [3.05, 3.63) is 71.4 Å². The second-order valence-corrected chi connectivity index (χ2v) is 17.3. The number of aromatic nitrogens is 1. The third-order valence-corrected chi connectivity index (χ3v) is 9.95. The lowest BCUT2D eigenvalue weighted by atomic mass is 9.85. The van der Waals surface area contributed by atoms with Crippen molar-refractivity contribution in [3.63, 3.8) is 0 Å². The second-order valence-electron chi connectivity index (χ2n) is 12.2. The zero-order chi connectivity index (χ0) is 25.5. The van der Waals surface area contributed by atoms with Crippen LogP contribution in [-0.4, -0.2) is 8.07 Å². The highest BCUT2D eigenvalue weighted by atomic mass is 28.3. The largest absolute Gasteiger partial charge is 0.455 e. The van der Waals surface area contributed by atoms with E-state index in [0.717, 1.165) is 17.9 Å². The first-order valence-corrected chi connectivity index (χ1v) is 16.7. The molecule has 0 saturated heterocycles. The van der Waals surface area contributed by atoms with E-state index in [-0.39, 0.29) is 0 Å². The average Bonchev–Trinajstić information content (AvgIpc) is 2.81. The molecule has 2 heterocycles. The average molecular weight is 491 g/mol. The molecule has 0 amide bonds. The topological polar surface area (TPSA) is 13.1 Å². The summed E-state index contributed by atoms with van der Waals surface area (Å²) in [7, 11) is 0.751. The Kier molecular flexibility index (Phi) is 5.11. The number of aryl methyl sites for hydroxylation is 3. The lowest BCUT2D eigenvalue weighted by molar-refractivity contribution is -0.659. The molecule has 3 heteroatoms. The zero-order valence-electron chi connectivity index (χ0n) is 22.8. The van der Waals surface area contributed by atoms with Crippen LogP contribution in [0.4, 0.5) is 0 Å². The zero-order valence-corrected chi connectivity index (χ0v) is 23.8. The number of hydrogen-bond donors (Lipinski definition) is 0. The van der Waals surface area contributed by atoms with Gasteiger partial charge in [0.05, 0.1) is 19.0 Å². The second kappa shape index (κ2) is 7.91. The highest BCUT2D eigenvalue weighted by Gasteiger charge is 2.33. The summed E-state index contributed by atoms with van der Waals surface area (Å²) in [5.41, 5.74) is 6.46. The van der Waals surface area contributed by atoms with Gasteiger partial charge in [0.25, 0.3) is 0 Å². The van der Waals surface area contributed by atoms with E-state index < -0.39 is 8.07 Å². The van der Waals surface area contributed by atoms with Crippen molar-refractivity contribution in [1.29, 1.82) is 0 Å². The summed E-state index contributed by atoms with van der Waals surface area (Å²) in [6.45, 7) is 16.3. The molecule has 5 aromatic rings. The Bertz CT molecular complexity index is 1720. The Labute approximate surface area is 215 Å². The molecular weight excluding hydrogens is 454 g/mol. The van der Waals surface area contributed by atoms with Crippen molar-refractivity contribution >= 4 is 45.6 Å². The molecule has 2 nitrogen and oxygen atoms in total. The molecule has 0 fully saturated rings. The van der Waals surface area contributed by atoms with Gasteiger partial charge in [0, 0.05) is 17.0 Å². The number of nitrogens with zero attached hydrogens (tertiary/aromatic N) is 1. The van der Waals surface area contributed by atoms with E-state index >= 15 is 0 Å². The molecule has 0 radical (unpaired) electrons. The highest BCUT2D eigenvalue weighted by molar-refractivity contribution is 6.88. The fourth-order valence-corrected chi connectivity index (χ4v) is 7.21. The summed E-state index contributed by atoms with van der Waals surface area (Å²) in [6, 6.07) is 18.5. The number of ether oxygens (including phenoxy) is 1. The SMILES string of the molecule is Cc1ccc2c(CC(C)C)c3c(c(C)c2c1)-c1c2c(cc4cc([Si](C)(C)C)ccc4c2cc[n+]1C)O3. The molecule has 0 spiro atoms. The molecule has 0 bridgehead atoms. The molecule has 36 heavy (non-hydrogen) atoms. The number of hydrogen-bond acceptors (Lipinski definition) is 1. The Morgan fingerprint density at radius 3 is 2.33 bits per heavy atom. The van der Waals surface area contributed by atoms with Crippen molar-refractivity contribution in [2.45, 2.75) is 53.8 Å². The van der Waals surface area contributed by atoms with Crippen molar-refractivity contribution in [1.82, 2.24) is 0 Å². The van der Waals surface area contributed by atoms with Crippen LogP contribution in [0.5, 0.6) is 11.5 Å². The van der Waals surface area contributed by atoms with Gasteiger partial charge < -0.3 is 4.74 Å². The summed E-state index contributed by atoms with van der Waals surface area (Å²) >= 11 is 0. The van der Waals surface area contributed by atoms with Crippen LogP contribution < -0.4 is 14.5 Å². The quantitative estimate of drug-likeness (QED) is 0.139. The first kappa shape index (κ1) is 23.2. The minimum Gasteiger partial charge on any atom is -0.455 e. The molecule has 0 atom stereocenters. The monoisotopic (exact) mass is 490 g/mol. The van der Waals surface area contributed by atoms with E-state index in [4.69, 9.17) is 4.74 Å². The van der Waals surface area contributed by atoms with Crippen LogP contribution in [0.3, 0.4) is 0 Å². The molecule has 0 unspecified atom stereocenters. The van der Waals surface area contributed by atoms with E-state index in [0.29, 0.717) is 5.92 Å². The van der Waals surface area contributed by atoms with Crippen LogP contribution in [0.1, 0.15) is 30.5 Å². The van der Waals surface area contributed by atoms with Gasteiger partial charge in [-0.05, 0) is 59.4 Å². The summed E-state index contributed by atoms with van der Waals surface area (Å²) < 4.78 is 9.28. The smallest absolute Gasteiger partial charge is 0.228 e. The highest BCUT2D eigenvalue weighted by Crippen LogP contribution is 2.52. The van der Waals surface area contributed by atoms with E-state index in [1.807, 2.05) is 0 Å². The standard InChI is InChI=1S/C33H36NOSi/c1-19(2)15-28-25-11-9-20(3)16-27(25)21(4)30-32-31-26(13-14-34(32)5)24-12-10-23(36(6,7)8)17-22(24)18-29(31)35-33(28)30/h9-14,16-19H,15H2,1-8H3/q+1. The van der Waals surface area contributed by atoms with Crippen LogP contribution in [-0.2, 0) is 13.5 Å². The predicted octanol–water partition coefficient (Wildman–Crippen LogP) is 8.10. The van der Waals surface area contributed by atoms with E-state index in [2.05, 4.69) is 114 Å².